The predicted octanol–water partition coefficient (Wildman–Crippen LogP) is 6.79. The highest BCUT2D eigenvalue weighted by Crippen LogP contribution is 2.16. The summed E-state index contributed by atoms with van der Waals surface area (Å²) in [4.78, 5) is 0. The van der Waals surface area contributed by atoms with Gasteiger partial charge in [0.05, 0.1) is 6.61 Å². The van der Waals surface area contributed by atoms with E-state index in [9.17, 15) is 0 Å². The summed E-state index contributed by atoms with van der Waals surface area (Å²) in [5, 5.41) is 0. The minimum atomic E-state index is 0.654. The van der Waals surface area contributed by atoms with Crippen LogP contribution in [0.4, 0.5) is 0 Å². The minimum Gasteiger partial charge on any atom is -0.380 e. The fraction of sp³-hybridized carbons (Fsp3) is 0.154. The van der Waals surface area contributed by atoms with Crippen LogP contribution in [0, 0.1) is 13.8 Å². The first-order valence-corrected chi connectivity index (χ1v) is 9.25. The second-order valence-electron chi connectivity index (χ2n) is 6.87. The Kier molecular flexibility index (Phi) is 6.40. The molecule has 3 aromatic rings. The third-order valence-electron chi connectivity index (χ3n) is 4.59. The zero-order chi connectivity index (χ0) is 19.1. The van der Waals surface area contributed by atoms with E-state index in [1.165, 1.54) is 38.9 Å². The van der Waals surface area contributed by atoms with E-state index in [2.05, 4.69) is 105 Å². The number of hydrogen-bond donors (Lipinski definition) is 0. The molecule has 0 aliphatic rings. The Bertz CT molecular complexity index is 929. The maximum atomic E-state index is 5.15. The van der Waals surface area contributed by atoms with Crippen LogP contribution in [0.2, 0.25) is 0 Å². The predicted molar refractivity (Wildman–Crippen MR) is 117 cm³/mol. The highest BCUT2D eigenvalue weighted by atomic mass is 16.5. The summed E-state index contributed by atoms with van der Waals surface area (Å²) < 4.78 is 5.15. The topological polar surface area (TPSA) is 9.23 Å². The van der Waals surface area contributed by atoms with Crippen molar-refractivity contribution in [2.24, 2.45) is 0 Å². The van der Waals surface area contributed by atoms with Crippen LogP contribution in [0.1, 0.15) is 38.9 Å². The van der Waals surface area contributed by atoms with E-state index in [1.807, 2.05) is 0 Å². The molecule has 0 saturated carbocycles. The molecule has 0 unspecified atom stereocenters. The zero-order valence-corrected chi connectivity index (χ0v) is 16.3. The van der Waals surface area contributed by atoms with Crippen LogP contribution in [-0.2, 0) is 11.3 Å². The molecule has 3 rings (SSSR count). The molecule has 0 heterocycles. The average molecular weight is 354 g/mol. The molecule has 1 heteroatoms. The molecule has 0 bridgehead atoms. The number of ether oxygens (including phenoxy) is 1. The van der Waals surface area contributed by atoms with Crippen molar-refractivity contribution >= 4 is 24.3 Å². The molecule has 1 nitrogen and oxygen atoms in total. The molecule has 0 N–H and O–H groups in total. The molecule has 0 spiro atoms. The Hall–Kier alpha value is -2.90. The lowest BCUT2D eigenvalue weighted by atomic mass is 10.0. The summed E-state index contributed by atoms with van der Waals surface area (Å²) in [6.07, 6.45) is 8.64. The second kappa shape index (κ2) is 9.16. The molecule has 0 saturated heterocycles. The normalized spacial score (nSPS) is 11.5. The van der Waals surface area contributed by atoms with Crippen LogP contribution in [-0.4, -0.2) is 7.11 Å². The van der Waals surface area contributed by atoms with Crippen molar-refractivity contribution in [3.05, 3.63) is 106 Å². The van der Waals surface area contributed by atoms with Gasteiger partial charge in [-0.15, -0.1) is 0 Å². The van der Waals surface area contributed by atoms with Crippen molar-refractivity contribution in [1.82, 2.24) is 0 Å². The van der Waals surface area contributed by atoms with Crippen LogP contribution >= 0.6 is 0 Å². The van der Waals surface area contributed by atoms with Gasteiger partial charge in [-0.05, 0) is 47.2 Å². The van der Waals surface area contributed by atoms with Crippen LogP contribution in [0.25, 0.3) is 24.3 Å². The van der Waals surface area contributed by atoms with Gasteiger partial charge in [-0.1, -0.05) is 96.6 Å². The van der Waals surface area contributed by atoms with E-state index in [-0.39, 0.29) is 0 Å². The molecule has 0 fully saturated rings. The smallest absolute Gasteiger partial charge is 0.0713 e. The number of methoxy groups -OCH3 is 1. The summed E-state index contributed by atoms with van der Waals surface area (Å²) in [5.74, 6) is 0. The zero-order valence-electron chi connectivity index (χ0n) is 16.3. The Morgan fingerprint density at radius 2 is 1.19 bits per heavy atom. The van der Waals surface area contributed by atoms with Crippen molar-refractivity contribution in [2.75, 3.05) is 7.11 Å². The maximum Gasteiger partial charge on any atom is 0.0713 e. The molecule has 3 aromatic carbocycles. The number of aryl methyl sites for hydroxylation is 2. The fourth-order valence-corrected chi connectivity index (χ4v) is 2.93. The third kappa shape index (κ3) is 5.54. The van der Waals surface area contributed by atoms with E-state index in [0.717, 1.165) is 0 Å². The maximum absolute atomic E-state index is 5.15. The quantitative estimate of drug-likeness (QED) is 0.443. The molecule has 0 aromatic heterocycles. The SMILES string of the molecule is COCc1ccc(/C=C/c2ccc(/C=C/c3cc(C)ccc3C)cc2)cc1. The number of rotatable bonds is 6. The van der Waals surface area contributed by atoms with Gasteiger partial charge < -0.3 is 4.74 Å². The first-order chi connectivity index (χ1) is 13.1. The van der Waals surface area contributed by atoms with Gasteiger partial charge in [-0.3, -0.25) is 0 Å². The van der Waals surface area contributed by atoms with Gasteiger partial charge in [0.15, 0.2) is 0 Å². The van der Waals surface area contributed by atoms with E-state index in [1.54, 1.807) is 7.11 Å². The van der Waals surface area contributed by atoms with Crippen molar-refractivity contribution < 1.29 is 4.74 Å². The molecular formula is C26H26O. The molecule has 0 amide bonds. The summed E-state index contributed by atoms with van der Waals surface area (Å²) in [5.41, 5.74) is 8.64. The summed E-state index contributed by atoms with van der Waals surface area (Å²) in [6, 6.07) is 23.6. The van der Waals surface area contributed by atoms with Crippen molar-refractivity contribution in [2.45, 2.75) is 20.5 Å². The van der Waals surface area contributed by atoms with Gasteiger partial charge in [-0.25, -0.2) is 0 Å². The molecule has 0 radical (unpaired) electrons. The third-order valence-corrected chi connectivity index (χ3v) is 4.59. The van der Waals surface area contributed by atoms with Gasteiger partial charge >= 0.3 is 0 Å². The van der Waals surface area contributed by atoms with Crippen LogP contribution < -0.4 is 0 Å². The first kappa shape index (κ1) is 18.9. The molecular weight excluding hydrogens is 328 g/mol. The minimum absolute atomic E-state index is 0.654. The second-order valence-corrected chi connectivity index (χ2v) is 6.87. The monoisotopic (exact) mass is 354 g/mol. The largest absolute Gasteiger partial charge is 0.380 e. The Labute approximate surface area is 162 Å². The summed E-state index contributed by atoms with van der Waals surface area (Å²) >= 11 is 0. The molecule has 27 heavy (non-hydrogen) atoms. The molecule has 0 aliphatic carbocycles. The van der Waals surface area contributed by atoms with E-state index >= 15 is 0 Å². The Morgan fingerprint density at radius 3 is 1.74 bits per heavy atom. The molecule has 0 aliphatic heterocycles. The van der Waals surface area contributed by atoms with Gasteiger partial charge in [0.25, 0.3) is 0 Å². The number of hydrogen-bond acceptors (Lipinski definition) is 1. The standard InChI is InChI=1S/C26H26O/c1-20-4-5-21(2)26(18-20)17-16-24-10-8-22(9-11-24)6-7-23-12-14-25(15-13-23)19-27-3/h4-18H,19H2,1-3H3/b7-6+,17-16+. The lowest BCUT2D eigenvalue weighted by Gasteiger charge is -2.02. The molecule has 0 atom stereocenters. The van der Waals surface area contributed by atoms with Gasteiger partial charge in [0.2, 0.25) is 0 Å². The highest BCUT2D eigenvalue weighted by molar-refractivity contribution is 5.73. The lowest BCUT2D eigenvalue weighted by molar-refractivity contribution is 0.185. The van der Waals surface area contributed by atoms with Crippen molar-refractivity contribution in [3.8, 4) is 0 Å². The summed E-state index contributed by atoms with van der Waals surface area (Å²) in [7, 11) is 1.72. The molecule has 136 valence electrons. The number of benzene rings is 3. The van der Waals surface area contributed by atoms with Gasteiger partial charge in [0, 0.05) is 7.11 Å². The van der Waals surface area contributed by atoms with Gasteiger partial charge in [-0.2, -0.15) is 0 Å². The van der Waals surface area contributed by atoms with Crippen LogP contribution in [0.5, 0.6) is 0 Å². The van der Waals surface area contributed by atoms with Gasteiger partial charge in [0.1, 0.15) is 0 Å². The fourth-order valence-electron chi connectivity index (χ4n) is 2.93. The Balaban J connectivity index is 1.66. The van der Waals surface area contributed by atoms with Crippen molar-refractivity contribution in [1.29, 1.82) is 0 Å². The van der Waals surface area contributed by atoms with Crippen molar-refractivity contribution in [3.63, 3.8) is 0 Å². The van der Waals surface area contributed by atoms with E-state index in [4.69, 9.17) is 4.74 Å². The average Bonchev–Trinajstić information content (AvgIpc) is 2.69. The van der Waals surface area contributed by atoms with E-state index in [0.29, 0.717) is 6.61 Å². The van der Waals surface area contributed by atoms with Crippen LogP contribution in [0.3, 0.4) is 0 Å². The Morgan fingerprint density at radius 1 is 0.667 bits per heavy atom. The highest BCUT2D eigenvalue weighted by Gasteiger charge is 1.95. The summed E-state index contributed by atoms with van der Waals surface area (Å²) in [6.45, 7) is 4.93. The van der Waals surface area contributed by atoms with E-state index < -0.39 is 0 Å². The van der Waals surface area contributed by atoms with Crippen LogP contribution in [0.15, 0.2) is 66.7 Å². The first-order valence-electron chi connectivity index (χ1n) is 9.25. The lowest BCUT2D eigenvalue weighted by Crippen LogP contribution is -1.86.